The number of furan rings is 1. The molecule has 1 aromatic carbocycles. The zero-order valence-electron chi connectivity index (χ0n) is 12.5. The number of rotatable bonds is 4. The molecule has 0 aliphatic rings. The summed E-state index contributed by atoms with van der Waals surface area (Å²) in [5.41, 5.74) is 2.26. The molecule has 0 aliphatic heterocycles. The number of pyridine rings is 1. The molecule has 3 N–H and O–H groups in total. The molecule has 1 amide bonds. The number of benzene rings is 1. The maximum Gasteiger partial charge on any atom is 0.291 e. The maximum absolute atomic E-state index is 11.9. The Morgan fingerprint density at radius 2 is 1.62 bits per heavy atom. The number of hydrogen-bond acceptors (Lipinski definition) is 4. The first-order chi connectivity index (χ1) is 11.7. The van der Waals surface area contributed by atoms with Crippen molar-refractivity contribution in [1.82, 2.24) is 4.98 Å². The summed E-state index contributed by atoms with van der Waals surface area (Å²) in [7, 11) is 0. The van der Waals surface area contributed by atoms with Gasteiger partial charge in [-0.3, -0.25) is 9.78 Å². The van der Waals surface area contributed by atoms with Gasteiger partial charge in [0, 0.05) is 17.6 Å². The second-order valence-electron chi connectivity index (χ2n) is 4.83. The van der Waals surface area contributed by atoms with Gasteiger partial charge in [0.05, 0.1) is 18.1 Å². The summed E-state index contributed by atoms with van der Waals surface area (Å²) in [4.78, 5) is 15.9. The Bertz CT molecular complexity index is 818. The van der Waals surface area contributed by atoms with E-state index in [4.69, 9.17) is 16.6 Å². The van der Waals surface area contributed by atoms with Gasteiger partial charge in [0.2, 0.25) is 0 Å². The van der Waals surface area contributed by atoms with Gasteiger partial charge in [0.25, 0.3) is 5.91 Å². The molecule has 6 nitrogen and oxygen atoms in total. The molecule has 3 aromatic rings. The van der Waals surface area contributed by atoms with Crippen molar-refractivity contribution in [3.8, 4) is 0 Å². The third kappa shape index (κ3) is 4.17. The fourth-order valence-electron chi connectivity index (χ4n) is 1.97. The predicted octanol–water partition coefficient (Wildman–Crippen LogP) is 3.74. The third-order valence-corrected chi connectivity index (χ3v) is 3.27. The summed E-state index contributed by atoms with van der Waals surface area (Å²) < 4.78 is 5.05. The van der Waals surface area contributed by atoms with E-state index in [1.54, 1.807) is 36.7 Å². The number of aromatic nitrogens is 1. The van der Waals surface area contributed by atoms with Crippen LogP contribution < -0.4 is 16.0 Å². The minimum absolute atomic E-state index is 0.263. The Balaban J connectivity index is 1.56. The van der Waals surface area contributed by atoms with Gasteiger partial charge in [-0.15, -0.1) is 0 Å². The molecular weight excluding hydrogens is 324 g/mol. The van der Waals surface area contributed by atoms with Gasteiger partial charge in [-0.25, -0.2) is 0 Å². The summed E-state index contributed by atoms with van der Waals surface area (Å²) in [6.07, 6.45) is 4.83. The molecule has 24 heavy (non-hydrogen) atoms. The Labute approximate surface area is 143 Å². The van der Waals surface area contributed by atoms with Gasteiger partial charge in [-0.1, -0.05) is 0 Å². The van der Waals surface area contributed by atoms with E-state index in [1.165, 1.54) is 6.26 Å². The summed E-state index contributed by atoms with van der Waals surface area (Å²) in [6.45, 7) is 0. The maximum atomic E-state index is 11.9. The normalized spacial score (nSPS) is 10.0. The first-order valence-corrected chi connectivity index (χ1v) is 7.54. The quantitative estimate of drug-likeness (QED) is 0.629. The van der Waals surface area contributed by atoms with Crippen LogP contribution >= 0.6 is 12.2 Å². The average molecular weight is 338 g/mol. The molecule has 7 heteroatoms. The molecule has 2 aromatic heterocycles. The van der Waals surface area contributed by atoms with Crippen molar-refractivity contribution in [3.63, 3.8) is 0 Å². The second kappa shape index (κ2) is 7.38. The fourth-order valence-corrected chi connectivity index (χ4v) is 2.20. The van der Waals surface area contributed by atoms with E-state index in [1.807, 2.05) is 24.3 Å². The van der Waals surface area contributed by atoms with E-state index < -0.39 is 0 Å². The number of nitrogens with zero attached hydrogens (tertiary/aromatic N) is 1. The van der Waals surface area contributed by atoms with Gasteiger partial charge in [0.15, 0.2) is 10.9 Å². The van der Waals surface area contributed by atoms with Crippen LogP contribution in [-0.4, -0.2) is 16.0 Å². The summed E-state index contributed by atoms with van der Waals surface area (Å²) >= 11 is 5.24. The van der Waals surface area contributed by atoms with Crippen LogP contribution in [0.3, 0.4) is 0 Å². The molecule has 0 fully saturated rings. The number of nitrogens with one attached hydrogen (secondary N) is 3. The fraction of sp³-hybridized carbons (Fsp3) is 0. The second-order valence-corrected chi connectivity index (χ2v) is 5.24. The van der Waals surface area contributed by atoms with Crippen LogP contribution in [0.4, 0.5) is 17.1 Å². The molecule has 0 spiro atoms. The Hall–Kier alpha value is -3.19. The third-order valence-electron chi connectivity index (χ3n) is 3.07. The van der Waals surface area contributed by atoms with Crippen molar-refractivity contribution in [2.45, 2.75) is 0 Å². The lowest BCUT2D eigenvalue weighted by atomic mass is 10.2. The molecule has 3 rings (SSSR count). The standard InChI is InChI=1S/C17H14N4O2S/c22-16(15-4-2-10-23-15)19-12-5-7-13(8-6-12)20-17(24)21-14-3-1-9-18-11-14/h1-11H,(H,19,22)(H2,20,21,24). The van der Waals surface area contributed by atoms with Crippen LogP contribution in [0.5, 0.6) is 0 Å². The number of hydrogen-bond donors (Lipinski definition) is 3. The number of carbonyl (C=O) groups is 1. The molecule has 0 bridgehead atoms. The monoisotopic (exact) mass is 338 g/mol. The molecule has 0 radical (unpaired) electrons. The SMILES string of the molecule is O=C(Nc1ccc(NC(=S)Nc2cccnc2)cc1)c1ccco1. The van der Waals surface area contributed by atoms with E-state index in [0.29, 0.717) is 10.8 Å². The van der Waals surface area contributed by atoms with Crippen molar-refractivity contribution in [1.29, 1.82) is 0 Å². The van der Waals surface area contributed by atoms with Crippen LogP contribution in [0, 0.1) is 0 Å². The number of anilines is 3. The molecule has 2 heterocycles. The van der Waals surface area contributed by atoms with Gasteiger partial charge in [-0.05, 0) is 60.7 Å². The predicted molar refractivity (Wildman–Crippen MR) is 97.2 cm³/mol. The average Bonchev–Trinajstić information content (AvgIpc) is 3.12. The topological polar surface area (TPSA) is 79.2 Å². The number of thiocarbonyl (C=S) groups is 1. The largest absolute Gasteiger partial charge is 0.459 e. The van der Waals surface area contributed by atoms with Crippen molar-refractivity contribution < 1.29 is 9.21 Å². The molecule has 0 saturated heterocycles. The number of carbonyl (C=O) groups excluding carboxylic acids is 1. The van der Waals surface area contributed by atoms with E-state index >= 15 is 0 Å². The minimum atomic E-state index is -0.297. The first kappa shape index (κ1) is 15.7. The van der Waals surface area contributed by atoms with Crippen LogP contribution in [0.15, 0.2) is 71.6 Å². The summed E-state index contributed by atoms with van der Waals surface area (Å²) in [5.74, 6) is -0.0338. The van der Waals surface area contributed by atoms with Crippen LogP contribution in [0.2, 0.25) is 0 Å². The lowest BCUT2D eigenvalue weighted by molar-refractivity contribution is 0.0996. The Morgan fingerprint density at radius 3 is 2.25 bits per heavy atom. The van der Waals surface area contributed by atoms with E-state index in [9.17, 15) is 4.79 Å². The van der Waals surface area contributed by atoms with Gasteiger partial charge in [-0.2, -0.15) is 0 Å². The van der Waals surface area contributed by atoms with Gasteiger partial charge < -0.3 is 20.4 Å². The molecule has 0 saturated carbocycles. The number of amides is 1. The summed E-state index contributed by atoms with van der Waals surface area (Å²) in [6, 6.07) is 14.1. The molecule has 0 atom stereocenters. The zero-order chi connectivity index (χ0) is 16.8. The summed E-state index contributed by atoms with van der Waals surface area (Å²) in [5, 5.41) is 9.29. The molecule has 0 unspecified atom stereocenters. The Kier molecular flexibility index (Phi) is 4.83. The highest BCUT2D eigenvalue weighted by Gasteiger charge is 2.08. The highest BCUT2D eigenvalue weighted by molar-refractivity contribution is 7.80. The van der Waals surface area contributed by atoms with Crippen molar-refractivity contribution >= 4 is 40.3 Å². The van der Waals surface area contributed by atoms with Crippen molar-refractivity contribution in [2.24, 2.45) is 0 Å². The highest BCUT2D eigenvalue weighted by atomic mass is 32.1. The highest BCUT2D eigenvalue weighted by Crippen LogP contribution is 2.15. The van der Waals surface area contributed by atoms with Crippen molar-refractivity contribution in [2.75, 3.05) is 16.0 Å². The van der Waals surface area contributed by atoms with E-state index in [-0.39, 0.29) is 11.7 Å². The van der Waals surface area contributed by atoms with Gasteiger partial charge in [0.1, 0.15) is 0 Å². The zero-order valence-corrected chi connectivity index (χ0v) is 13.3. The molecule has 120 valence electrons. The van der Waals surface area contributed by atoms with Crippen LogP contribution in [0.25, 0.3) is 0 Å². The minimum Gasteiger partial charge on any atom is -0.459 e. The van der Waals surface area contributed by atoms with E-state index in [0.717, 1.165) is 11.4 Å². The lowest BCUT2D eigenvalue weighted by Crippen LogP contribution is -2.19. The molecular formula is C17H14N4O2S. The first-order valence-electron chi connectivity index (χ1n) is 7.14. The smallest absolute Gasteiger partial charge is 0.291 e. The van der Waals surface area contributed by atoms with E-state index in [2.05, 4.69) is 20.9 Å². The van der Waals surface area contributed by atoms with Crippen molar-refractivity contribution in [3.05, 3.63) is 72.9 Å². The molecule has 0 aliphatic carbocycles. The van der Waals surface area contributed by atoms with Gasteiger partial charge >= 0.3 is 0 Å². The Morgan fingerprint density at radius 1 is 0.917 bits per heavy atom. The lowest BCUT2D eigenvalue weighted by Gasteiger charge is -2.11. The van der Waals surface area contributed by atoms with Crippen LogP contribution in [-0.2, 0) is 0 Å². The van der Waals surface area contributed by atoms with Crippen LogP contribution in [0.1, 0.15) is 10.6 Å².